The minimum Gasteiger partial charge on any atom is -0.466 e. The molecule has 0 radical (unpaired) electrons. The maximum atomic E-state index is 11.7. The maximum absolute atomic E-state index is 11.7. The molecule has 2 heterocycles. The van der Waals surface area contributed by atoms with E-state index in [1.807, 2.05) is 6.07 Å². The number of ether oxygens (including phenoxy) is 1. The molecule has 5 heteroatoms. The zero-order chi connectivity index (χ0) is 11.4. The molecule has 0 aromatic carbocycles. The van der Waals surface area contributed by atoms with Crippen molar-refractivity contribution in [2.45, 2.75) is 25.0 Å². The Morgan fingerprint density at radius 1 is 1.69 bits per heavy atom. The fourth-order valence-electron chi connectivity index (χ4n) is 1.64. The summed E-state index contributed by atoms with van der Waals surface area (Å²) in [6, 6.07) is 4.57. The molecule has 16 heavy (non-hydrogen) atoms. The summed E-state index contributed by atoms with van der Waals surface area (Å²) in [5.74, 6) is 0.189. The van der Waals surface area contributed by atoms with Crippen molar-refractivity contribution in [1.29, 1.82) is 5.26 Å². The molecule has 0 bridgehead atoms. The molecule has 0 saturated carbocycles. The lowest BCUT2D eigenvalue weighted by atomic mass is 10.2. The van der Waals surface area contributed by atoms with Crippen LogP contribution in [0.5, 0.6) is 0 Å². The maximum Gasteiger partial charge on any atom is 0.250 e. The van der Waals surface area contributed by atoms with E-state index in [0.29, 0.717) is 18.8 Å². The van der Waals surface area contributed by atoms with Crippen molar-refractivity contribution in [1.82, 2.24) is 5.32 Å². The molecule has 1 aliphatic heterocycles. The first-order valence-electron chi connectivity index (χ1n) is 5.16. The van der Waals surface area contributed by atoms with Crippen LogP contribution in [0.2, 0.25) is 0 Å². The Labute approximate surface area is 93.0 Å². The number of nitrogens with zero attached hydrogens (tertiary/aromatic N) is 1. The molecule has 1 N–H and O–H groups in total. The van der Waals surface area contributed by atoms with Crippen LogP contribution in [0.25, 0.3) is 0 Å². The summed E-state index contributed by atoms with van der Waals surface area (Å²) < 4.78 is 10.3. The highest BCUT2D eigenvalue weighted by Crippen LogP contribution is 2.16. The van der Waals surface area contributed by atoms with E-state index in [0.717, 1.165) is 6.42 Å². The Balaban J connectivity index is 1.97. The summed E-state index contributed by atoms with van der Waals surface area (Å²) in [5.41, 5.74) is 0. The van der Waals surface area contributed by atoms with Crippen LogP contribution < -0.4 is 5.32 Å². The zero-order valence-electron chi connectivity index (χ0n) is 8.68. The topological polar surface area (TPSA) is 75.3 Å². The second-order valence-electron chi connectivity index (χ2n) is 3.59. The minimum absolute atomic E-state index is 0.250. The molecule has 2 unspecified atom stereocenters. The Bertz CT molecular complexity index is 388. The first kappa shape index (κ1) is 10.7. The van der Waals surface area contributed by atoms with Crippen molar-refractivity contribution in [2.75, 3.05) is 6.61 Å². The van der Waals surface area contributed by atoms with Crippen molar-refractivity contribution in [2.24, 2.45) is 0 Å². The molecule has 0 aliphatic carbocycles. The predicted octanol–water partition coefficient (Wildman–Crippen LogP) is 1.14. The quantitative estimate of drug-likeness (QED) is 0.828. The summed E-state index contributed by atoms with van der Waals surface area (Å²) in [6.45, 7) is 0.607. The van der Waals surface area contributed by atoms with Gasteiger partial charge in [0.1, 0.15) is 11.9 Å². The van der Waals surface area contributed by atoms with Gasteiger partial charge in [-0.2, -0.15) is 5.26 Å². The standard InChI is InChI=1S/C11H12N2O3/c12-7-8(9-3-1-5-15-9)13-11(14)10-4-2-6-16-10/h1,3,5,8,10H,2,4,6H2,(H,13,14). The predicted molar refractivity (Wildman–Crippen MR) is 54.2 cm³/mol. The average Bonchev–Trinajstić information content (AvgIpc) is 2.96. The lowest BCUT2D eigenvalue weighted by Gasteiger charge is -2.12. The van der Waals surface area contributed by atoms with Crippen LogP contribution in [0, 0.1) is 11.3 Å². The monoisotopic (exact) mass is 220 g/mol. The van der Waals surface area contributed by atoms with Crippen LogP contribution in [0.3, 0.4) is 0 Å². The highest BCUT2D eigenvalue weighted by Gasteiger charge is 2.26. The third kappa shape index (κ3) is 2.23. The number of carbonyl (C=O) groups is 1. The number of carbonyl (C=O) groups excluding carboxylic acids is 1. The van der Waals surface area contributed by atoms with E-state index >= 15 is 0 Å². The van der Waals surface area contributed by atoms with Crippen LogP contribution in [-0.2, 0) is 9.53 Å². The van der Waals surface area contributed by atoms with E-state index in [1.54, 1.807) is 12.1 Å². The van der Waals surface area contributed by atoms with Crippen molar-refractivity contribution in [3.8, 4) is 6.07 Å². The van der Waals surface area contributed by atoms with E-state index in [4.69, 9.17) is 14.4 Å². The lowest BCUT2D eigenvalue weighted by Crippen LogP contribution is -2.36. The van der Waals surface area contributed by atoms with Gasteiger partial charge in [-0.25, -0.2) is 0 Å². The Morgan fingerprint density at radius 2 is 2.56 bits per heavy atom. The Hall–Kier alpha value is -1.80. The molecule has 1 saturated heterocycles. The smallest absolute Gasteiger partial charge is 0.250 e. The molecule has 1 fully saturated rings. The van der Waals surface area contributed by atoms with Gasteiger partial charge >= 0.3 is 0 Å². The molecule has 1 aliphatic rings. The molecule has 2 rings (SSSR count). The SMILES string of the molecule is N#CC(NC(=O)C1CCCO1)c1ccco1. The van der Waals surface area contributed by atoms with Gasteiger partial charge in [0.05, 0.1) is 12.3 Å². The van der Waals surface area contributed by atoms with Gasteiger partial charge in [-0.05, 0) is 25.0 Å². The summed E-state index contributed by atoms with van der Waals surface area (Å²) in [7, 11) is 0. The number of hydrogen-bond donors (Lipinski definition) is 1. The highest BCUT2D eigenvalue weighted by molar-refractivity contribution is 5.81. The lowest BCUT2D eigenvalue weighted by molar-refractivity contribution is -0.130. The number of furan rings is 1. The molecular formula is C11H12N2O3. The molecule has 1 aromatic rings. The van der Waals surface area contributed by atoms with Gasteiger partial charge < -0.3 is 14.5 Å². The van der Waals surface area contributed by atoms with Crippen LogP contribution in [-0.4, -0.2) is 18.6 Å². The number of amides is 1. The average molecular weight is 220 g/mol. The van der Waals surface area contributed by atoms with Crippen LogP contribution in [0.4, 0.5) is 0 Å². The second kappa shape index (κ2) is 4.81. The highest BCUT2D eigenvalue weighted by atomic mass is 16.5. The van der Waals surface area contributed by atoms with Crippen molar-refractivity contribution >= 4 is 5.91 Å². The van der Waals surface area contributed by atoms with E-state index in [-0.39, 0.29) is 5.91 Å². The molecular weight excluding hydrogens is 208 g/mol. The van der Waals surface area contributed by atoms with Crippen molar-refractivity contribution in [3.05, 3.63) is 24.2 Å². The van der Waals surface area contributed by atoms with Crippen LogP contribution in [0.15, 0.2) is 22.8 Å². The Kier molecular flexibility index (Phi) is 3.22. The molecule has 1 aromatic heterocycles. The molecule has 1 amide bonds. The molecule has 84 valence electrons. The first-order valence-corrected chi connectivity index (χ1v) is 5.16. The van der Waals surface area contributed by atoms with E-state index in [2.05, 4.69) is 5.32 Å². The molecule has 5 nitrogen and oxygen atoms in total. The number of rotatable bonds is 3. The third-order valence-electron chi connectivity index (χ3n) is 2.47. The van der Waals surface area contributed by atoms with E-state index in [9.17, 15) is 4.79 Å². The van der Waals surface area contributed by atoms with Gasteiger partial charge in [0.25, 0.3) is 5.91 Å². The van der Waals surface area contributed by atoms with Gasteiger partial charge in [0, 0.05) is 6.61 Å². The summed E-state index contributed by atoms with van der Waals surface area (Å²) >= 11 is 0. The van der Waals surface area contributed by atoms with Gasteiger partial charge in [-0.3, -0.25) is 4.79 Å². The number of nitriles is 1. The van der Waals surface area contributed by atoms with E-state index in [1.165, 1.54) is 6.26 Å². The summed E-state index contributed by atoms with van der Waals surface area (Å²) in [6.07, 6.45) is 2.64. The van der Waals surface area contributed by atoms with Gasteiger partial charge in [0.2, 0.25) is 0 Å². The summed E-state index contributed by atoms with van der Waals surface area (Å²) in [4.78, 5) is 11.7. The van der Waals surface area contributed by atoms with Gasteiger partial charge in [-0.1, -0.05) is 0 Å². The fraction of sp³-hybridized carbons (Fsp3) is 0.455. The second-order valence-corrected chi connectivity index (χ2v) is 3.59. The first-order chi connectivity index (χ1) is 7.81. The van der Waals surface area contributed by atoms with Crippen LogP contribution >= 0.6 is 0 Å². The molecule has 2 atom stereocenters. The number of nitrogens with one attached hydrogen (secondary N) is 1. The zero-order valence-corrected chi connectivity index (χ0v) is 8.68. The van der Waals surface area contributed by atoms with Crippen molar-refractivity contribution < 1.29 is 13.9 Å². The fourth-order valence-corrected chi connectivity index (χ4v) is 1.64. The van der Waals surface area contributed by atoms with Crippen molar-refractivity contribution in [3.63, 3.8) is 0 Å². The van der Waals surface area contributed by atoms with E-state index < -0.39 is 12.1 Å². The normalized spacial score (nSPS) is 21.3. The largest absolute Gasteiger partial charge is 0.466 e. The molecule has 0 spiro atoms. The van der Waals surface area contributed by atoms with Gasteiger partial charge in [0.15, 0.2) is 6.04 Å². The summed E-state index contributed by atoms with van der Waals surface area (Å²) in [5, 5.41) is 11.5. The minimum atomic E-state index is -0.744. The van der Waals surface area contributed by atoms with Gasteiger partial charge in [-0.15, -0.1) is 0 Å². The number of hydrogen-bond acceptors (Lipinski definition) is 4. The van der Waals surface area contributed by atoms with Crippen LogP contribution in [0.1, 0.15) is 24.6 Å². The Morgan fingerprint density at radius 3 is 3.12 bits per heavy atom. The third-order valence-corrected chi connectivity index (χ3v) is 2.47.